The number of ether oxygens (including phenoxy) is 1. The molecule has 2 rings (SSSR count). The maximum Gasteiger partial charge on any atom is 0.251 e. The number of carbonyl (C=O) groups excluding carboxylic acids is 1. The summed E-state index contributed by atoms with van der Waals surface area (Å²) in [5.41, 5.74) is 1.74. The third kappa shape index (κ3) is 4.94. The summed E-state index contributed by atoms with van der Waals surface area (Å²) in [5.74, 6) is 0.481. The topological polar surface area (TPSA) is 44.8 Å². The van der Waals surface area contributed by atoms with Crippen molar-refractivity contribution in [2.24, 2.45) is 5.92 Å². The quantitative estimate of drug-likeness (QED) is 0.869. The van der Waals surface area contributed by atoms with Crippen molar-refractivity contribution >= 4 is 11.6 Å². The molecule has 5 heteroatoms. The molecule has 1 unspecified atom stereocenters. The molecule has 1 N–H and O–H groups in total. The Morgan fingerprint density at radius 2 is 2.00 bits per heavy atom. The Morgan fingerprint density at radius 1 is 1.30 bits per heavy atom. The molecule has 0 spiro atoms. The average molecular weight is 319 g/mol. The second kappa shape index (κ2) is 8.31. The number of rotatable bonds is 6. The van der Waals surface area contributed by atoms with E-state index in [4.69, 9.17) is 4.74 Å². The highest BCUT2D eigenvalue weighted by Gasteiger charge is 2.24. The van der Waals surface area contributed by atoms with Gasteiger partial charge in [0.05, 0.1) is 13.2 Å². The molecular formula is C18H29N3O2. The van der Waals surface area contributed by atoms with Gasteiger partial charge in [-0.05, 0) is 24.1 Å². The van der Waals surface area contributed by atoms with E-state index in [1.54, 1.807) is 0 Å². The summed E-state index contributed by atoms with van der Waals surface area (Å²) >= 11 is 0. The van der Waals surface area contributed by atoms with Gasteiger partial charge in [0.25, 0.3) is 5.91 Å². The van der Waals surface area contributed by atoms with Gasteiger partial charge in [0.1, 0.15) is 0 Å². The summed E-state index contributed by atoms with van der Waals surface area (Å²) in [6.07, 6.45) is 0. The zero-order valence-electron chi connectivity index (χ0n) is 14.7. The van der Waals surface area contributed by atoms with Crippen molar-refractivity contribution < 1.29 is 9.53 Å². The molecule has 1 saturated heterocycles. The molecule has 1 aliphatic rings. The van der Waals surface area contributed by atoms with Gasteiger partial charge in [-0.2, -0.15) is 0 Å². The zero-order valence-corrected chi connectivity index (χ0v) is 14.7. The van der Waals surface area contributed by atoms with Crippen molar-refractivity contribution in [3.05, 3.63) is 29.8 Å². The number of hydrogen-bond donors (Lipinski definition) is 1. The van der Waals surface area contributed by atoms with Crippen molar-refractivity contribution in [3.63, 3.8) is 0 Å². The highest BCUT2D eigenvalue weighted by Crippen LogP contribution is 2.15. The Hall–Kier alpha value is -1.59. The second-order valence-electron chi connectivity index (χ2n) is 6.61. The van der Waals surface area contributed by atoms with Crippen LogP contribution >= 0.6 is 0 Å². The summed E-state index contributed by atoms with van der Waals surface area (Å²) in [6.45, 7) is 8.52. The molecule has 0 bridgehead atoms. The van der Waals surface area contributed by atoms with Gasteiger partial charge in [-0.3, -0.25) is 9.69 Å². The van der Waals surface area contributed by atoms with Gasteiger partial charge in [-0.15, -0.1) is 0 Å². The van der Waals surface area contributed by atoms with Gasteiger partial charge in [-0.1, -0.05) is 19.9 Å². The minimum Gasteiger partial charge on any atom is -0.379 e. The van der Waals surface area contributed by atoms with Crippen LogP contribution in [0.15, 0.2) is 24.3 Å². The van der Waals surface area contributed by atoms with Gasteiger partial charge in [0.15, 0.2) is 0 Å². The lowest BCUT2D eigenvalue weighted by Gasteiger charge is -2.36. The minimum absolute atomic E-state index is 0.00684. The molecule has 0 saturated carbocycles. The molecule has 1 fully saturated rings. The SMILES string of the molecule is CC(C)C(CNC(=O)c1cccc(N(C)C)c1)N1CCOCC1. The molecule has 0 aromatic heterocycles. The number of carbonyl (C=O) groups is 1. The van der Waals surface area contributed by atoms with E-state index in [-0.39, 0.29) is 5.91 Å². The summed E-state index contributed by atoms with van der Waals surface area (Å²) in [4.78, 5) is 16.9. The van der Waals surface area contributed by atoms with Gasteiger partial charge in [0, 0.05) is 51.0 Å². The van der Waals surface area contributed by atoms with Crippen LogP contribution in [0.4, 0.5) is 5.69 Å². The van der Waals surface area contributed by atoms with Crippen molar-refractivity contribution in [2.75, 3.05) is 51.8 Å². The van der Waals surface area contributed by atoms with E-state index in [0.29, 0.717) is 24.1 Å². The smallest absolute Gasteiger partial charge is 0.251 e. The Bertz CT molecular complexity index is 511. The van der Waals surface area contributed by atoms with Gasteiger partial charge < -0.3 is 15.0 Å². The van der Waals surface area contributed by atoms with Gasteiger partial charge in [-0.25, -0.2) is 0 Å². The molecule has 5 nitrogen and oxygen atoms in total. The molecule has 1 heterocycles. The maximum atomic E-state index is 12.5. The Balaban J connectivity index is 1.97. The van der Waals surface area contributed by atoms with Gasteiger partial charge in [0.2, 0.25) is 0 Å². The van der Waals surface area contributed by atoms with E-state index in [1.807, 2.05) is 43.3 Å². The fraction of sp³-hybridized carbons (Fsp3) is 0.611. The summed E-state index contributed by atoms with van der Waals surface area (Å²) in [7, 11) is 3.95. The van der Waals surface area contributed by atoms with E-state index >= 15 is 0 Å². The van der Waals surface area contributed by atoms with Crippen molar-refractivity contribution in [2.45, 2.75) is 19.9 Å². The first-order valence-electron chi connectivity index (χ1n) is 8.36. The Labute approximate surface area is 139 Å². The van der Waals surface area contributed by atoms with Crippen LogP contribution in [-0.4, -0.2) is 63.8 Å². The second-order valence-corrected chi connectivity index (χ2v) is 6.61. The van der Waals surface area contributed by atoms with E-state index < -0.39 is 0 Å². The van der Waals surface area contributed by atoms with E-state index in [1.165, 1.54) is 0 Å². The van der Waals surface area contributed by atoms with Crippen molar-refractivity contribution in [1.29, 1.82) is 0 Å². The third-order valence-corrected chi connectivity index (χ3v) is 4.38. The fourth-order valence-electron chi connectivity index (χ4n) is 2.92. The number of anilines is 1. The molecule has 1 aromatic carbocycles. The summed E-state index contributed by atoms with van der Waals surface area (Å²) in [5, 5.41) is 3.10. The first kappa shape index (κ1) is 17.8. The lowest BCUT2D eigenvalue weighted by molar-refractivity contribution is 0.00673. The molecular weight excluding hydrogens is 290 g/mol. The van der Waals surface area contributed by atoms with E-state index in [0.717, 1.165) is 32.0 Å². The van der Waals surface area contributed by atoms with Crippen LogP contribution < -0.4 is 10.2 Å². The molecule has 1 atom stereocenters. The minimum atomic E-state index is -0.00684. The van der Waals surface area contributed by atoms with Crippen LogP contribution in [0.2, 0.25) is 0 Å². The lowest BCUT2D eigenvalue weighted by atomic mass is 10.0. The number of hydrogen-bond acceptors (Lipinski definition) is 4. The highest BCUT2D eigenvalue weighted by molar-refractivity contribution is 5.95. The molecule has 1 aromatic rings. The summed E-state index contributed by atoms with van der Waals surface area (Å²) < 4.78 is 5.43. The molecule has 1 aliphatic heterocycles. The van der Waals surface area contributed by atoms with Crippen LogP contribution in [-0.2, 0) is 4.74 Å². The van der Waals surface area contributed by atoms with Crippen molar-refractivity contribution in [1.82, 2.24) is 10.2 Å². The summed E-state index contributed by atoms with van der Waals surface area (Å²) in [6, 6.07) is 8.06. The third-order valence-electron chi connectivity index (χ3n) is 4.38. The highest BCUT2D eigenvalue weighted by atomic mass is 16.5. The van der Waals surface area contributed by atoms with E-state index in [2.05, 4.69) is 24.1 Å². The average Bonchev–Trinajstić information content (AvgIpc) is 2.55. The fourth-order valence-corrected chi connectivity index (χ4v) is 2.92. The number of benzene rings is 1. The number of nitrogens with zero attached hydrogens (tertiary/aromatic N) is 2. The monoisotopic (exact) mass is 319 g/mol. The van der Waals surface area contributed by atoms with E-state index in [9.17, 15) is 4.79 Å². The molecule has 128 valence electrons. The standard InChI is InChI=1S/C18H29N3O2/c1-14(2)17(21-8-10-23-11-9-21)13-19-18(22)15-6-5-7-16(12-15)20(3)4/h5-7,12,14,17H,8-11,13H2,1-4H3,(H,19,22). The van der Waals surface area contributed by atoms with Crippen LogP contribution in [0.5, 0.6) is 0 Å². The van der Waals surface area contributed by atoms with Crippen molar-refractivity contribution in [3.8, 4) is 0 Å². The first-order chi connectivity index (χ1) is 11.0. The Morgan fingerprint density at radius 3 is 2.61 bits per heavy atom. The van der Waals surface area contributed by atoms with Crippen LogP contribution in [0.25, 0.3) is 0 Å². The molecule has 1 amide bonds. The molecule has 23 heavy (non-hydrogen) atoms. The zero-order chi connectivity index (χ0) is 16.8. The predicted molar refractivity (Wildman–Crippen MR) is 94.1 cm³/mol. The van der Waals surface area contributed by atoms with Crippen LogP contribution in [0.3, 0.4) is 0 Å². The number of morpholine rings is 1. The predicted octanol–water partition coefficient (Wildman–Crippen LogP) is 1.84. The normalized spacial score (nSPS) is 17.1. The Kier molecular flexibility index (Phi) is 6.42. The largest absolute Gasteiger partial charge is 0.379 e. The number of amides is 1. The van der Waals surface area contributed by atoms with Crippen LogP contribution in [0, 0.1) is 5.92 Å². The lowest BCUT2D eigenvalue weighted by Crippen LogP contribution is -2.51. The first-order valence-corrected chi connectivity index (χ1v) is 8.36. The van der Waals surface area contributed by atoms with Gasteiger partial charge >= 0.3 is 0 Å². The molecule has 0 aliphatic carbocycles. The number of nitrogens with one attached hydrogen (secondary N) is 1. The maximum absolute atomic E-state index is 12.5. The molecule has 0 radical (unpaired) electrons. The van der Waals surface area contributed by atoms with Crippen LogP contribution in [0.1, 0.15) is 24.2 Å².